The molecule has 2 aromatic rings. The summed E-state index contributed by atoms with van der Waals surface area (Å²) in [4.78, 5) is 29.4. The van der Waals surface area contributed by atoms with Gasteiger partial charge in [0.1, 0.15) is 6.54 Å². The normalized spacial score (nSPS) is 16.1. The number of thiocarbonyl (C=S) groups is 1. The molecule has 140 valence electrons. The van der Waals surface area contributed by atoms with Gasteiger partial charge < -0.3 is 15.3 Å². The van der Waals surface area contributed by atoms with Gasteiger partial charge in [0.05, 0.1) is 5.69 Å². The molecule has 1 saturated heterocycles. The predicted octanol–water partition coefficient (Wildman–Crippen LogP) is 1.43. The second-order valence-electron chi connectivity index (χ2n) is 6.28. The number of carboxylic acid groups (broad SMARTS) is 1. The van der Waals surface area contributed by atoms with Crippen molar-refractivity contribution in [2.75, 3.05) is 18.5 Å². The molecule has 1 aromatic carbocycles. The fourth-order valence-electron chi connectivity index (χ4n) is 3.14. The van der Waals surface area contributed by atoms with E-state index in [9.17, 15) is 14.7 Å². The van der Waals surface area contributed by atoms with Gasteiger partial charge in [0.2, 0.25) is 5.91 Å². The molecule has 1 aliphatic heterocycles. The maximum absolute atomic E-state index is 12.0. The van der Waals surface area contributed by atoms with Gasteiger partial charge in [-0.2, -0.15) is 0 Å². The molecule has 0 spiro atoms. The molecule has 0 radical (unpaired) electrons. The third-order valence-corrected chi connectivity index (χ3v) is 5.05. The molecule has 3 rings (SSSR count). The van der Waals surface area contributed by atoms with Gasteiger partial charge in [-0.05, 0) is 61.9 Å². The molecular formula is C19H20N4O3S. The molecule has 1 atom stereocenters. The van der Waals surface area contributed by atoms with Gasteiger partial charge >= 0.3 is 5.97 Å². The van der Waals surface area contributed by atoms with E-state index in [1.165, 1.54) is 0 Å². The second kappa shape index (κ2) is 7.81. The third kappa shape index (κ3) is 3.81. The zero-order chi connectivity index (χ0) is 19.4. The van der Waals surface area contributed by atoms with E-state index in [2.05, 4.69) is 15.6 Å². The Morgan fingerprint density at radius 3 is 2.59 bits per heavy atom. The quantitative estimate of drug-likeness (QED) is 0.622. The number of rotatable bonds is 7. The standard InChI is InChI=1S/C19H20N4O3S/c1-20-19(17(25)26,15-4-2-3-11-21-15)10-9-13-5-7-14(8-6-13)23-12-16(24)22-18(23)27/h2-8,11,20H,9-10,12H2,1H3,(H,25,26)(H,22,24,27). The van der Waals surface area contributed by atoms with Gasteiger partial charge in [-0.3, -0.25) is 15.1 Å². The summed E-state index contributed by atoms with van der Waals surface area (Å²) in [7, 11) is 1.63. The van der Waals surface area contributed by atoms with E-state index in [1.807, 2.05) is 24.3 Å². The van der Waals surface area contributed by atoms with E-state index in [1.54, 1.807) is 36.3 Å². The molecule has 1 aromatic heterocycles. The van der Waals surface area contributed by atoms with Crippen molar-refractivity contribution in [2.45, 2.75) is 18.4 Å². The summed E-state index contributed by atoms with van der Waals surface area (Å²) in [6.45, 7) is 0.208. The summed E-state index contributed by atoms with van der Waals surface area (Å²) < 4.78 is 0. The smallest absolute Gasteiger partial charge is 0.330 e. The number of nitrogens with one attached hydrogen (secondary N) is 2. The fraction of sp³-hybridized carbons (Fsp3) is 0.263. The Hall–Kier alpha value is -2.84. The molecule has 3 N–H and O–H groups in total. The van der Waals surface area contributed by atoms with Crippen LogP contribution in [0.5, 0.6) is 0 Å². The van der Waals surface area contributed by atoms with Gasteiger partial charge in [-0.1, -0.05) is 18.2 Å². The highest BCUT2D eigenvalue weighted by Gasteiger charge is 2.39. The van der Waals surface area contributed by atoms with E-state index in [0.717, 1.165) is 11.3 Å². The molecule has 1 unspecified atom stereocenters. The number of aliphatic carboxylic acids is 1. The maximum atomic E-state index is 12.0. The van der Waals surface area contributed by atoms with Crippen LogP contribution in [0.25, 0.3) is 0 Å². The highest BCUT2D eigenvalue weighted by molar-refractivity contribution is 7.80. The number of carbonyl (C=O) groups excluding carboxylic acids is 1. The van der Waals surface area contributed by atoms with Crippen LogP contribution in [0.4, 0.5) is 5.69 Å². The number of aryl methyl sites for hydroxylation is 1. The van der Waals surface area contributed by atoms with Crippen molar-refractivity contribution >= 4 is 34.9 Å². The lowest BCUT2D eigenvalue weighted by molar-refractivity contribution is -0.145. The number of hydrogen-bond acceptors (Lipinski definition) is 5. The Morgan fingerprint density at radius 1 is 1.33 bits per heavy atom. The van der Waals surface area contributed by atoms with Crippen molar-refractivity contribution in [3.8, 4) is 0 Å². The summed E-state index contributed by atoms with van der Waals surface area (Å²) >= 11 is 5.14. The number of pyridine rings is 1. The van der Waals surface area contributed by atoms with Crippen LogP contribution in [-0.2, 0) is 21.5 Å². The number of aromatic nitrogens is 1. The van der Waals surface area contributed by atoms with Crippen LogP contribution in [0.3, 0.4) is 0 Å². The highest BCUT2D eigenvalue weighted by atomic mass is 32.1. The van der Waals surface area contributed by atoms with Crippen molar-refractivity contribution in [3.63, 3.8) is 0 Å². The molecule has 0 bridgehead atoms. The predicted molar refractivity (Wildman–Crippen MR) is 105 cm³/mol. The molecular weight excluding hydrogens is 364 g/mol. The van der Waals surface area contributed by atoms with E-state index in [-0.39, 0.29) is 12.5 Å². The zero-order valence-electron chi connectivity index (χ0n) is 14.8. The first-order chi connectivity index (χ1) is 13.0. The maximum Gasteiger partial charge on any atom is 0.330 e. The molecule has 2 heterocycles. The highest BCUT2D eigenvalue weighted by Crippen LogP contribution is 2.26. The summed E-state index contributed by atoms with van der Waals surface area (Å²) in [6.07, 6.45) is 2.48. The van der Waals surface area contributed by atoms with Crippen molar-refractivity contribution in [1.82, 2.24) is 15.6 Å². The first kappa shape index (κ1) is 18.9. The Labute approximate surface area is 162 Å². The minimum Gasteiger partial charge on any atom is -0.480 e. The molecule has 7 nitrogen and oxygen atoms in total. The lowest BCUT2D eigenvalue weighted by Gasteiger charge is -2.28. The number of hydrogen-bond donors (Lipinski definition) is 3. The molecule has 1 fully saturated rings. The van der Waals surface area contributed by atoms with Crippen LogP contribution in [0.1, 0.15) is 17.7 Å². The number of benzene rings is 1. The molecule has 8 heteroatoms. The van der Waals surface area contributed by atoms with Gasteiger partial charge in [-0.15, -0.1) is 0 Å². The molecule has 0 aliphatic carbocycles. The Balaban J connectivity index is 1.75. The number of carbonyl (C=O) groups is 2. The van der Waals surface area contributed by atoms with Gasteiger partial charge in [0, 0.05) is 11.9 Å². The summed E-state index contributed by atoms with van der Waals surface area (Å²) in [5, 5.41) is 15.8. The summed E-state index contributed by atoms with van der Waals surface area (Å²) in [6, 6.07) is 12.8. The van der Waals surface area contributed by atoms with Crippen molar-refractivity contribution < 1.29 is 14.7 Å². The largest absolute Gasteiger partial charge is 0.480 e. The topological polar surface area (TPSA) is 94.6 Å². The van der Waals surface area contributed by atoms with Crippen LogP contribution >= 0.6 is 12.2 Å². The van der Waals surface area contributed by atoms with Crippen LogP contribution in [0.2, 0.25) is 0 Å². The van der Waals surface area contributed by atoms with Crippen molar-refractivity contribution in [2.24, 2.45) is 0 Å². The Morgan fingerprint density at radius 2 is 2.07 bits per heavy atom. The minimum absolute atomic E-state index is 0.125. The van der Waals surface area contributed by atoms with Crippen LogP contribution < -0.4 is 15.5 Å². The van der Waals surface area contributed by atoms with Crippen LogP contribution in [0, 0.1) is 0 Å². The third-order valence-electron chi connectivity index (χ3n) is 4.72. The summed E-state index contributed by atoms with van der Waals surface area (Å²) in [5.74, 6) is -1.09. The number of nitrogens with zero attached hydrogens (tertiary/aromatic N) is 2. The number of anilines is 1. The Bertz CT molecular complexity index is 857. The lowest BCUT2D eigenvalue weighted by Crippen LogP contribution is -2.48. The van der Waals surface area contributed by atoms with E-state index >= 15 is 0 Å². The fourth-order valence-corrected chi connectivity index (χ4v) is 3.43. The second-order valence-corrected chi connectivity index (χ2v) is 6.67. The monoisotopic (exact) mass is 384 g/mol. The number of amides is 1. The van der Waals surface area contributed by atoms with Gasteiger partial charge in [0.15, 0.2) is 10.7 Å². The van der Waals surface area contributed by atoms with Gasteiger partial charge in [-0.25, -0.2) is 4.79 Å². The van der Waals surface area contributed by atoms with E-state index < -0.39 is 11.5 Å². The van der Waals surface area contributed by atoms with Crippen molar-refractivity contribution in [3.05, 3.63) is 59.9 Å². The first-order valence-corrected chi connectivity index (χ1v) is 8.91. The molecule has 1 aliphatic rings. The molecule has 1 amide bonds. The van der Waals surface area contributed by atoms with Crippen LogP contribution in [0.15, 0.2) is 48.7 Å². The van der Waals surface area contributed by atoms with Gasteiger partial charge in [0.25, 0.3) is 0 Å². The average molecular weight is 384 g/mol. The van der Waals surface area contributed by atoms with E-state index in [4.69, 9.17) is 12.2 Å². The average Bonchev–Trinajstić information content (AvgIpc) is 3.02. The number of carboxylic acids is 1. The number of likely N-dealkylation sites (N-methyl/N-ethyl adjacent to an activating group) is 1. The van der Waals surface area contributed by atoms with Crippen molar-refractivity contribution in [1.29, 1.82) is 0 Å². The lowest BCUT2D eigenvalue weighted by atomic mass is 9.87. The van der Waals surface area contributed by atoms with E-state index in [0.29, 0.717) is 23.6 Å². The summed E-state index contributed by atoms with van der Waals surface area (Å²) in [5.41, 5.74) is 1.03. The zero-order valence-corrected chi connectivity index (χ0v) is 15.6. The minimum atomic E-state index is -1.26. The van der Waals surface area contributed by atoms with Crippen LogP contribution in [-0.4, -0.2) is 40.7 Å². The molecule has 0 saturated carbocycles. The first-order valence-electron chi connectivity index (χ1n) is 8.50. The SMILES string of the molecule is CNC(CCc1ccc(N2CC(=O)NC2=S)cc1)(C(=O)O)c1ccccn1. The Kier molecular flexibility index (Phi) is 5.48. The molecule has 27 heavy (non-hydrogen) atoms.